The van der Waals surface area contributed by atoms with Gasteiger partial charge >= 0.3 is 0 Å². The monoisotopic (exact) mass is 603 g/mol. The molecule has 214 valence electrons. The minimum absolute atomic E-state index is 0.0310. The van der Waals surface area contributed by atoms with Crippen molar-refractivity contribution >= 4 is 65.8 Å². The van der Waals surface area contributed by atoms with Crippen LogP contribution in [-0.2, 0) is 0 Å². The maximum Gasteiger partial charge on any atom is 0.263 e. The predicted molar refractivity (Wildman–Crippen MR) is 195 cm³/mol. The number of aromatic nitrogens is 1. The van der Waals surface area contributed by atoms with Crippen LogP contribution in [0.2, 0.25) is 0 Å². The first-order valence-electron chi connectivity index (χ1n) is 15.6. The summed E-state index contributed by atoms with van der Waals surface area (Å²) in [6.45, 7) is 0. The quantitative estimate of drug-likeness (QED) is 0.183. The van der Waals surface area contributed by atoms with E-state index in [1.54, 1.807) is 11.8 Å². The number of pyridine rings is 1. The van der Waals surface area contributed by atoms with Gasteiger partial charge in [-0.2, -0.15) is 0 Å². The molecule has 8 aromatic carbocycles. The summed E-state index contributed by atoms with van der Waals surface area (Å²) < 4.78 is 1.92. The summed E-state index contributed by atoms with van der Waals surface area (Å²) in [4.78, 5) is 16.1. The maximum atomic E-state index is 13.9. The molecule has 1 aliphatic rings. The fourth-order valence-corrected chi connectivity index (χ4v) is 8.59. The first-order valence-corrected chi connectivity index (χ1v) is 16.4. The van der Waals surface area contributed by atoms with Crippen molar-refractivity contribution in [1.29, 1.82) is 0 Å². The SMILES string of the molecule is O=c1c2ccccc2c2cc(-c3cccc(-c4ccc5c6ccccc6c6ccccc6c5c4)c3)cc3c2n1-c1ccccc1S3. The van der Waals surface area contributed by atoms with Gasteiger partial charge < -0.3 is 0 Å². The van der Waals surface area contributed by atoms with Gasteiger partial charge in [0.25, 0.3) is 5.56 Å². The van der Waals surface area contributed by atoms with Crippen LogP contribution in [-0.4, -0.2) is 4.57 Å². The zero-order chi connectivity index (χ0) is 30.4. The van der Waals surface area contributed by atoms with Gasteiger partial charge in [-0.05, 0) is 102 Å². The van der Waals surface area contributed by atoms with Crippen molar-refractivity contribution in [3.05, 3.63) is 162 Å². The first kappa shape index (κ1) is 25.7. The van der Waals surface area contributed by atoms with E-state index in [-0.39, 0.29) is 5.56 Å². The van der Waals surface area contributed by atoms with Gasteiger partial charge in [0.05, 0.1) is 11.2 Å². The van der Waals surface area contributed by atoms with Crippen LogP contribution < -0.4 is 5.56 Å². The van der Waals surface area contributed by atoms with Gasteiger partial charge in [-0.15, -0.1) is 0 Å². The molecule has 1 aliphatic heterocycles. The molecular weight excluding hydrogens is 579 g/mol. The van der Waals surface area contributed by atoms with Crippen molar-refractivity contribution in [3.8, 4) is 27.9 Å². The number of rotatable bonds is 2. The highest BCUT2D eigenvalue weighted by Crippen LogP contribution is 2.45. The van der Waals surface area contributed by atoms with E-state index >= 15 is 0 Å². The molecule has 0 N–H and O–H groups in total. The number of hydrogen-bond donors (Lipinski definition) is 0. The summed E-state index contributed by atoms with van der Waals surface area (Å²) in [6.07, 6.45) is 0. The molecule has 0 aliphatic carbocycles. The lowest BCUT2D eigenvalue weighted by molar-refractivity contribution is 1.00. The molecule has 2 heterocycles. The Kier molecular flexibility index (Phi) is 5.40. The van der Waals surface area contributed by atoms with E-state index in [0.717, 1.165) is 48.3 Å². The summed E-state index contributed by atoms with van der Waals surface area (Å²) >= 11 is 1.75. The van der Waals surface area contributed by atoms with Crippen LogP contribution in [0.4, 0.5) is 0 Å². The molecule has 0 saturated carbocycles. The Hall–Kier alpha value is -5.64. The lowest BCUT2D eigenvalue weighted by atomic mass is 9.91. The zero-order valence-corrected chi connectivity index (χ0v) is 25.5. The van der Waals surface area contributed by atoms with E-state index in [4.69, 9.17) is 0 Å². The molecule has 9 aromatic rings. The van der Waals surface area contributed by atoms with E-state index < -0.39 is 0 Å². The van der Waals surface area contributed by atoms with Gasteiger partial charge in [0.15, 0.2) is 0 Å². The largest absolute Gasteiger partial charge is 0.274 e. The van der Waals surface area contributed by atoms with E-state index in [2.05, 4.69) is 115 Å². The van der Waals surface area contributed by atoms with Crippen molar-refractivity contribution in [3.63, 3.8) is 0 Å². The van der Waals surface area contributed by atoms with Crippen LogP contribution in [0.25, 0.3) is 81.9 Å². The topological polar surface area (TPSA) is 22.0 Å². The molecule has 0 amide bonds. The van der Waals surface area contributed by atoms with Gasteiger partial charge in [-0.3, -0.25) is 9.36 Å². The molecular formula is C43H25NOS. The summed E-state index contributed by atoms with van der Waals surface area (Å²) in [5, 5.41) is 10.5. The average molecular weight is 604 g/mol. The fraction of sp³-hybridized carbons (Fsp3) is 0. The van der Waals surface area contributed by atoms with Crippen molar-refractivity contribution in [2.75, 3.05) is 0 Å². The van der Waals surface area contributed by atoms with Gasteiger partial charge in [-0.25, -0.2) is 0 Å². The normalized spacial score (nSPS) is 12.3. The Morgan fingerprint density at radius 2 is 0.891 bits per heavy atom. The van der Waals surface area contributed by atoms with Crippen molar-refractivity contribution in [2.24, 2.45) is 0 Å². The van der Waals surface area contributed by atoms with Crippen LogP contribution in [0.3, 0.4) is 0 Å². The minimum Gasteiger partial charge on any atom is -0.274 e. The third-order valence-electron chi connectivity index (χ3n) is 9.55. The lowest BCUT2D eigenvalue weighted by Gasteiger charge is -2.24. The summed E-state index contributed by atoms with van der Waals surface area (Å²) in [5.74, 6) is 0. The Bertz CT molecular complexity index is 2780. The standard InChI is InChI=1S/C43H25NOS/c45-43-36-17-6-5-16-34(36)38-24-29(25-41-42(38)44(43)39-18-7-8-19-40(39)46-41)27-11-9-10-26(22-27)28-20-21-35-32-14-2-1-12-30(32)31-13-3-4-15-33(31)37(35)23-28/h1-25H. The Morgan fingerprint density at radius 3 is 1.61 bits per heavy atom. The molecule has 46 heavy (non-hydrogen) atoms. The molecule has 0 spiro atoms. The molecule has 0 saturated heterocycles. The third-order valence-corrected chi connectivity index (χ3v) is 10.6. The number of nitrogens with zero attached hydrogens (tertiary/aromatic N) is 1. The van der Waals surface area contributed by atoms with Gasteiger partial charge in [0.2, 0.25) is 0 Å². The lowest BCUT2D eigenvalue weighted by Crippen LogP contribution is -2.21. The Balaban J connectivity index is 1.19. The molecule has 0 bridgehead atoms. The van der Waals surface area contributed by atoms with Crippen molar-refractivity contribution < 1.29 is 0 Å². The van der Waals surface area contributed by atoms with Gasteiger partial charge in [0.1, 0.15) is 0 Å². The number of para-hydroxylation sites is 1. The molecule has 0 fully saturated rings. The van der Waals surface area contributed by atoms with Crippen LogP contribution in [0.5, 0.6) is 0 Å². The second-order valence-electron chi connectivity index (χ2n) is 12.1. The summed E-state index contributed by atoms with van der Waals surface area (Å²) in [5.41, 5.74) is 6.64. The number of hydrogen-bond acceptors (Lipinski definition) is 2. The summed E-state index contributed by atoms with van der Waals surface area (Å²) in [7, 11) is 0. The van der Waals surface area contributed by atoms with E-state index in [0.29, 0.717) is 0 Å². The molecule has 0 unspecified atom stereocenters. The van der Waals surface area contributed by atoms with Gasteiger partial charge in [0, 0.05) is 20.6 Å². The molecule has 10 rings (SSSR count). The highest BCUT2D eigenvalue weighted by atomic mass is 32.2. The second kappa shape index (κ2) is 9.68. The third kappa shape index (κ3) is 3.64. The van der Waals surface area contributed by atoms with Crippen LogP contribution in [0.1, 0.15) is 0 Å². The molecule has 3 heteroatoms. The maximum absolute atomic E-state index is 13.9. The predicted octanol–water partition coefficient (Wildman–Crippen LogP) is 11.4. The number of benzene rings is 8. The average Bonchev–Trinajstić information content (AvgIpc) is 3.13. The Morgan fingerprint density at radius 1 is 0.370 bits per heavy atom. The fourth-order valence-electron chi connectivity index (χ4n) is 7.46. The van der Waals surface area contributed by atoms with Crippen LogP contribution in [0.15, 0.2) is 166 Å². The minimum atomic E-state index is 0.0310. The number of fused-ring (bicyclic) bond motifs is 10. The second-order valence-corrected chi connectivity index (χ2v) is 13.1. The van der Waals surface area contributed by atoms with E-state index in [1.807, 2.05) is 41.0 Å². The summed E-state index contributed by atoms with van der Waals surface area (Å²) in [6, 6.07) is 53.9. The van der Waals surface area contributed by atoms with Crippen LogP contribution >= 0.6 is 11.8 Å². The zero-order valence-electron chi connectivity index (χ0n) is 24.7. The van der Waals surface area contributed by atoms with Crippen molar-refractivity contribution in [1.82, 2.24) is 4.57 Å². The highest BCUT2D eigenvalue weighted by molar-refractivity contribution is 7.99. The molecule has 0 radical (unpaired) electrons. The van der Waals surface area contributed by atoms with E-state index in [1.165, 1.54) is 43.4 Å². The molecule has 2 nitrogen and oxygen atoms in total. The Labute approximate surface area is 269 Å². The van der Waals surface area contributed by atoms with Crippen LogP contribution in [0, 0.1) is 0 Å². The smallest absolute Gasteiger partial charge is 0.263 e. The molecule has 0 atom stereocenters. The molecule has 1 aromatic heterocycles. The van der Waals surface area contributed by atoms with Gasteiger partial charge in [-0.1, -0.05) is 121 Å². The van der Waals surface area contributed by atoms with E-state index in [9.17, 15) is 4.79 Å². The highest BCUT2D eigenvalue weighted by Gasteiger charge is 2.23. The van der Waals surface area contributed by atoms with Crippen molar-refractivity contribution in [2.45, 2.75) is 9.79 Å². The first-order chi connectivity index (χ1) is 22.7.